The Morgan fingerprint density at radius 1 is 1.52 bits per heavy atom. The van der Waals surface area contributed by atoms with E-state index in [1.807, 2.05) is 14.1 Å². The highest BCUT2D eigenvalue weighted by molar-refractivity contribution is 7.89. The summed E-state index contributed by atoms with van der Waals surface area (Å²) in [7, 11) is 2.29. The second-order valence-electron chi connectivity index (χ2n) is 6.49. The Labute approximate surface area is 125 Å². The molecule has 118 valence electrons. The third-order valence-electron chi connectivity index (χ3n) is 4.41. The van der Waals surface area contributed by atoms with Crippen LogP contribution in [0.4, 0.5) is 0 Å². The van der Waals surface area contributed by atoms with Gasteiger partial charge in [0, 0.05) is 44.2 Å². The van der Waals surface area contributed by atoms with Crippen LogP contribution < -0.4 is 0 Å². The number of hydrogen-bond acceptors (Lipinski definition) is 5. The fraction of sp³-hybridized carbons (Fsp3) is 0.769. The van der Waals surface area contributed by atoms with Crippen LogP contribution in [0.1, 0.15) is 0 Å². The molecule has 0 amide bonds. The molecule has 2 saturated heterocycles. The van der Waals surface area contributed by atoms with Crippen LogP contribution in [-0.4, -0.2) is 74.1 Å². The average Bonchev–Trinajstić information content (AvgIpc) is 3.01. The lowest BCUT2D eigenvalue weighted by Gasteiger charge is -2.30. The van der Waals surface area contributed by atoms with Gasteiger partial charge in [0.05, 0.1) is 19.5 Å². The van der Waals surface area contributed by atoms with Gasteiger partial charge in [-0.15, -0.1) is 0 Å². The SMILES string of the molecule is CN(C)C[C@@]12COC[C@@H]1CN(S(=O)(=O)c1cn(C)cn1)C2. The molecule has 2 fully saturated rings. The van der Waals surface area contributed by atoms with E-state index in [2.05, 4.69) is 9.88 Å². The molecule has 0 spiro atoms. The number of imidazole rings is 1. The maximum absolute atomic E-state index is 12.7. The predicted octanol–water partition coefficient (Wildman–Crippen LogP) is -0.381. The summed E-state index contributed by atoms with van der Waals surface area (Å²) in [6.07, 6.45) is 3.07. The molecule has 0 radical (unpaired) electrons. The van der Waals surface area contributed by atoms with Crippen LogP contribution in [-0.2, 0) is 21.8 Å². The topological polar surface area (TPSA) is 67.7 Å². The normalized spacial score (nSPS) is 30.2. The third-order valence-corrected chi connectivity index (χ3v) is 6.10. The predicted molar refractivity (Wildman–Crippen MR) is 77.3 cm³/mol. The molecule has 8 heteroatoms. The van der Waals surface area contributed by atoms with Gasteiger partial charge in [-0.1, -0.05) is 0 Å². The average molecular weight is 314 g/mol. The van der Waals surface area contributed by atoms with Gasteiger partial charge in [-0.05, 0) is 14.1 Å². The second kappa shape index (κ2) is 5.05. The van der Waals surface area contributed by atoms with Crippen molar-refractivity contribution in [2.24, 2.45) is 18.4 Å². The maximum Gasteiger partial charge on any atom is 0.262 e. The Morgan fingerprint density at radius 2 is 2.29 bits per heavy atom. The Hall–Kier alpha value is -0.960. The molecule has 2 atom stereocenters. The van der Waals surface area contributed by atoms with Crippen molar-refractivity contribution >= 4 is 10.0 Å². The summed E-state index contributed by atoms with van der Waals surface area (Å²) in [5, 5.41) is 0.130. The van der Waals surface area contributed by atoms with Crippen molar-refractivity contribution < 1.29 is 13.2 Å². The van der Waals surface area contributed by atoms with Gasteiger partial charge in [0.2, 0.25) is 0 Å². The summed E-state index contributed by atoms with van der Waals surface area (Å²) in [5.41, 5.74) is -0.0919. The zero-order valence-electron chi connectivity index (χ0n) is 12.7. The monoisotopic (exact) mass is 314 g/mol. The standard InChI is InChI=1S/C13H22N4O3S/c1-15(2)7-13-8-17(4-11(13)6-20-9-13)21(18,19)12-5-16(3)10-14-12/h5,10-11H,4,6-9H2,1-3H3/t11-,13+/m0/s1. The number of hydrogen-bond donors (Lipinski definition) is 0. The molecule has 3 rings (SSSR count). The van der Waals surface area contributed by atoms with Gasteiger partial charge in [-0.3, -0.25) is 0 Å². The first kappa shape index (κ1) is 15.0. The van der Waals surface area contributed by atoms with Gasteiger partial charge in [-0.25, -0.2) is 13.4 Å². The first-order valence-corrected chi connectivity index (χ1v) is 8.48. The fourth-order valence-corrected chi connectivity index (χ4v) is 5.02. The van der Waals surface area contributed by atoms with Gasteiger partial charge < -0.3 is 14.2 Å². The van der Waals surface area contributed by atoms with Crippen LogP contribution >= 0.6 is 0 Å². The third kappa shape index (κ3) is 2.50. The van der Waals surface area contributed by atoms with E-state index in [4.69, 9.17) is 4.74 Å². The van der Waals surface area contributed by atoms with E-state index in [0.717, 1.165) is 6.54 Å². The summed E-state index contributed by atoms with van der Waals surface area (Å²) in [6, 6.07) is 0. The van der Waals surface area contributed by atoms with Crippen LogP contribution in [0.3, 0.4) is 0 Å². The van der Waals surface area contributed by atoms with Crippen molar-refractivity contribution in [2.75, 3.05) is 46.9 Å². The van der Waals surface area contributed by atoms with Crippen LogP contribution in [0.5, 0.6) is 0 Å². The van der Waals surface area contributed by atoms with E-state index >= 15 is 0 Å². The molecule has 2 aliphatic rings. The van der Waals surface area contributed by atoms with Crippen molar-refractivity contribution in [3.05, 3.63) is 12.5 Å². The minimum absolute atomic E-state index is 0.0919. The van der Waals surface area contributed by atoms with Crippen molar-refractivity contribution in [2.45, 2.75) is 5.03 Å². The molecular weight excluding hydrogens is 292 g/mol. The molecule has 0 saturated carbocycles. The van der Waals surface area contributed by atoms with Crippen molar-refractivity contribution in [3.63, 3.8) is 0 Å². The second-order valence-corrected chi connectivity index (χ2v) is 8.37. The lowest BCUT2D eigenvalue weighted by Crippen LogP contribution is -2.41. The lowest BCUT2D eigenvalue weighted by atomic mass is 9.81. The van der Waals surface area contributed by atoms with Gasteiger partial charge in [-0.2, -0.15) is 4.31 Å². The smallest absolute Gasteiger partial charge is 0.262 e. The molecule has 1 aromatic rings. The number of sulfonamides is 1. The Bertz CT molecular complexity index is 627. The highest BCUT2D eigenvalue weighted by atomic mass is 32.2. The minimum Gasteiger partial charge on any atom is -0.380 e. The van der Waals surface area contributed by atoms with Crippen LogP contribution in [0, 0.1) is 11.3 Å². The fourth-order valence-electron chi connectivity index (χ4n) is 3.47. The van der Waals surface area contributed by atoms with E-state index in [0.29, 0.717) is 26.3 Å². The number of aromatic nitrogens is 2. The van der Waals surface area contributed by atoms with Crippen LogP contribution in [0.2, 0.25) is 0 Å². The molecule has 0 aliphatic carbocycles. The molecule has 1 aromatic heterocycles. The van der Waals surface area contributed by atoms with Gasteiger partial charge in [0.15, 0.2) is 5.03 Å². The number of fused-ring (bicyclic) bond motifs is 1. The summed E-state index contributed by atoms with van der Waals surface area (Å²) < 4.78 is 34.3. The summed E-state index contributed by atoms with van der Waals surface area (Å²) in [6.45, 7) is 3.14. The quantitative estimate of drug-likeness (QED) is 0.758. The largest absolute Gasteiger partial charge is 0.380 e. The number of nitrogens with zero attached hydrogens (tertiary/aromatic N) is 4. The molecule has 0 unspecified atom stereocenters. The lowest BCUT2D eigenvalue weighted by molar-refractivity contribution is 0.123. The Kier molecular flexibility index (Phi) is 3.59. The molecule has 7 nitrogen and oxygen atoms in total. The summed E-state index contributed by atoms with van der Waals surface area (Å²) >= 11 is 0. The summed E-state index contributed by atoms with van der Waals surface area (Å²) in [5.74, 6) is 0.262. The molecule has 21 heavy (non-hydrogen) atoms. The first-order valence-electron chi connectivity index (χ1n) is 7.04. The van der Waals surface area contributed by atoms with E-state index < -0.39 is 10.0 Å². The molecular formula is C13H22N4O3S. The van der Waals surface area contributed by atoms with Gasteiger partial charge in [0.1, 0.15) is 0 Å². The molecule has 3 heterocycles. The minimum atomic E-state index is -3.51. The highest BCUT2D eigenvalue weighted by Gasteiger charge is 2.53. The van der Waals surface area contributed by atoms with Crippen molar-refractivity contribution in [1.29, 1.82) is 0 Å². The van der Waals surface area contributed by atoms with E-state index in [1.54, 1.807) is 22.1 Å². The number of aryl methyl sites for hydroxylation is 1. The van der Waals surface area contributed by atoms with Crippen LogP contribution in [0.25, 0.3) is 0 Å². The molecule has 0 bridgehead atoms. The zero-order chi connectivity index (χ0) is 15.3. The Morgan fingerprint density at radius 3 is 2.90 bits per heavy atom. The molecule has 0 N–H and O–H groups in total. The van der Waals surface area contributed by atoms with E-state index in [9.17, 15) is 8.42 Å². The van der Waals surface area contributed by atoms with Gasteiger partial charge >= 0.3 is 0 Å². The number of rotatable bonds is 4. The summed E-state index contributed by atoms with van der Waals surface area (Å²) in [4.78, 5) is 6.11. The maximum atomic E-state index is 12.7. The zero-order valence-corrected chi connectivity index (χ0v) is 13.5. The van der Waals surface area contributed by atoms with Gasteiger partial charge in [0.25, 0.3) is 10.0 Å². The number of ether oxygens (including phenoxy) is 1. The van der Waals surface area contributed by atoms with Crippen LogP contribution in [0.15, 0.2) is 17.6 Å². The van der Waals surface area contributed by atoms with E-state index in [1.165, 1.54) is 6.33 Å². The van der Waals surface area contributed by atoms with Crippen molar-refractivity contribution in [3.8, 4) is 0 Å². The molecule has 2 aliphatic heterocycles. The molecule has 0 aromatic carbocycles. The first-order chi connectivity index (χ1) is 9.83. The van der Waals surface area contributed by atoms with Crippen molar-refractivity contribution in [1.82, 2.24) is 18.8 Å². The Balaban J connectivity index is 1.86. The van der Waals surface area contributed by atoms with E-state index in [-0.39, 0.29) is 16.4 Å². The highest BCUT2D eigenvalue weighted by Crippen LogP contribution is 2.43.